The molecular formula is C42H88N2. The molecule has 0 saturated heterocycles. The van der Waals surface area contributed by atoms with Crippen LogP contribution in [-0.4, -0.2) is 12.6 Å². The maximum atomic E-state index is 6.03. The van der Waals surface area contributed by atoms with Crippen LogP contribution in [0.3, 0.4) is 0 Å². The zero-order valence-corrected chi connectivity index (χ0v) is 31.0. The van der Waals surface area contributed by atoms with Crippen molar-refractivity contribution >= 4 is 0 Å². The van der Waals surface area contributed by atoms with Crippen molar-refractivity contribution < 1.29 is 0 Å². The molecule has 0 radical (unpaired) electrons. The van der Waals surface area contributed by atoms with Crippen LogP contribution < -0.4 is 11.5 Å². The van der Waals surface area contributed by atoms with Crippen molar-refractivity contribution in [3.05, 3.63) is 0 Å². The van der Waals surface area contributed by atoms with Gasteiger partial charge in [-0.25, -0.2) is 0 Å². The van der Waals surface area contributed by atoms with Gasteiger partial charge in [0.2, 0.25) is 0 Å². The lowest BCUT2D eigenvalue weighted by Crippen LogP contribution is -2.23. The minimum atomic E-state index is 0.336. The summed E-state index contributed by atoms with van der Waals surface area (Å²) in [7, 11) is 0. The van der Waals surface area contributed by atoms with Crippen LogP contribution in [0.4, 0.5) is 0 Å². The monoisotopic (exact) mass is 621 g/mol. The molecule has 0 heterocycles. The molecule has 4 N–H and O–H groups in total. The second-order valence-corrected chi connectivity index (χ2v) is 14.9. The van der Waals surface area contributed by atoms with E-state index in [2.05, 4.69) is 6.92 Å². The van der Waals surface area contributed by atoms with Gasteiger partial charge in [0.1, 0.15) is 0 Å². The fraction of sp³-hybridized carbons (Fsp3) is 1.00. The van der Waals surface area contributed by atoms with Crippen LogP contribution in [0.2, 0.25) is 0 Å². The molecule has 0 amide bonds. The Morgan fingerprint density at radius 2 is 0.455 bits per heavy atom. The van der Waals surface area contributed by atoms with Crippen molar-refractivity contribution in [3.63, 3.8) is 0 Å². The highest BCUT2D eigenvalue weighted by Gasteiger charge is 2.01. The van der Waals surface area contributed by atoms with E-state index in [9.17, 15) is 0 Å². The molecule has 1 unspecified atom stereocenters. The Morgan fingerprint density at radius 1 is 0.273 bits per heavy atom. The molecule has 0 saturated carbocycles. The molecule has 1 atom stereocenters. The van der Waals surface area contributed by atoms with E-state index in [1.165, 1.54) is 238 Å². The Labute approximate surface area is 280 Å². The molecule has 2 heteroatoms. The average Bonchev–Trinajstić information content (AvgIpc) is 3.02. The summed E-state index contributed by atoms with van der Waals surface area (Å²) in [6, 6.07) is 0.336. The Kier molecular flexibility index (Phi) is 40.9. The summed E-state index contributed by atoms with van der Waals surface area (Å²) in [5.41, 5.74) is 11.6. The zero-order chi connectivity index (χ0) is 31.9. The normalized spacial score (nSPS) is 12.3. The molecule has 0 aliphatic rings. The summed E-state index contributed by atoms with van der Waals surface area (Å²) < 4.78 is 0. The van der Waals surface area contributed by atoms with Crippen LogP contribution in [-0.2, 0) is 0 Å². The molecular weight excluding hydrogens is 532 g/mol. The number of nitrogens with two attached hydrogens (primary N) is 2. The Bertz CT molecular complexity index is 478. The van der Waals surface area contributed by atoms with Gasteiger partial charge in [-0.3, -0.25) is 0 Å². The Balaban J connectivity index is 3.05. The maximum Gasteiger partial charge on any atom is 0.00508 e. The third kappa shape index (κ3) is 39.9. The van der Waals surface area contributed by atoms with E-state index in [4.69, 9.17) is 11.5 Å². The molecule has 0 aliphatic heterocycles. The topological polar surface area (TPSA) is 52.0 Å². The molecule has 0 aromatic heterocycles. The molecule has 0 aromatic rings. The van der Waals surface area contributed by atoms with Crippen molar-refractivity contribution in [1.82, 2.24) is 0 Å². The third-order valence-corrected chi connectivity index (χ3v) is 10.2. The number of unbranched alkanes of at least 4 members (excludes halogenated alkanes) is 36. The zero-order valence-electron chi connectivity index (χ0n) is 31.0. The van der Waals surface area contributed by atoms with Gasteiger partial charge in [-0.05, 0) is 19.4 Å². The largest absolute Gasteiger partial charge is 0.330 e. The summed E-state index contributed by atoms with van der Waals surface area (Å²) in [6.45, 7) is 3.05. The first-order chi connectivity index (χ1) is 21.8. The van der Waals surface area contributed by atoms with Gasteiger partial charge in [0.25, 0.3) is 0 Å². The van der Waals surface area contributed by atoms with E-state index in [1.54, 1.807) is 0 Å². The summed E-state index contributed by atoms with van der Waals surface area (Å²) in [6.07, 6.45) is 56.4. The molecule has 0 aromatic carbocycles. The average molecular weight is 621 g/mol. The summed E-state index contributed by atoms with van der Waals surface area (Å²) in [5.74, 6) is 0. The van der Waals surface area contributed by atoms with Gasteiger partial charge in [0.15, 0.2) is 0 Å². The van der Waals surface area contributed by atoms with Crippen LogP contribution in [0.1, 0.15) is 257 Å². The first kappa shape index (κ1) is 43.9. The summed E-state index contributed by atoms with van der Waals surface area (Å²) in [4.78, 5) is 0. The smallest absolute Gasteiger partial charge is 0.00508 e. The minimum absolute atomic E-state index is 0.336. The first-order valence-corrected chi connectivity index (χ1v) is 21.3. The molecule has 266 valence electrons. The minimum Gasteiger partial charge on any atom is -0.330 e. The van der Waals surface area contributed by atoms with Crippen LogP contribution in [0.5, 0.6) is 0 Å². The van der Waals surface area contributed by atoms with E-state index < -0.39 is 0 Å². The molecule has 0 spiro atoms. The third-order valence-electron chi connectivity index (χ3n) is 10.2. The summed E-state index contributed by atoms with van der Waals surface area (Å²) >= 11 is 0. The quantitative estimate of drug-likeness (QED) is 0.0669. The van der Waals surface area contributed by atoms with E-state index >= 15 is 0 Å². The second kappa shape index (κ2) is 40.9. The number of hydrogen-bond donors (Lipinski definition) is 2. The Morgan fingerprint density at radius 3 is 0.636 bits per heavy atom. The van der Waals surface area contributed by atoms with Gasteiger partial charge in [-0.2, -0.15) is 0 Å². The van der Waals surface area contributed by atoms with Crippen molar-refractivity contribution in [2.45, 2.75) is 263 Å². The lowest BCUT2D eigenvalue weighted by Gasteiger charge is -2.09. The molecule has 0 aliphatic carbocycles. The number of rotatable bonds is 40. The van der Waals surface area contributed by atoms with Crippen LogP contribution in [0.15, 0.2) is 0 Å². The van der Waals surface area contributed by atoms with Gasteiger partial charge in [-0.1, -0.05) is 244 Å². The van der Waals surface area contributed by atoms with Crippen molar-refractivity contribution in [2.75, 3.05) is 6.54 Å². The molecule has 0 fully saturated rings. The fourth-order valence-electron chi connectivity index (χ4n) is 7.03. The highest BCUT2D eigenvalue weighted by molar-refractivity contribution is 4.61. The van der Waals surface area contributed by atoms with Gasteiger partial charge in [-0.15, -0.1) is 0 Å². The highest BCUT2D eigenvalue weighted by atomic mass is 14.6. The van der Waals surface area contributed by atoms with E-state index in [0.717, 1.165) is 19.4 Å². The van der Waals surface area contributed by atoms with Gasteiger partial charge < -0.3 is 11.5 Å². The lowest BCUT2D eigenvalue weighted by molar-refractivity contribution is 0.502. The van der Waals surface area contributed by atoms with E-state index in [0.29, 0.717) is 6.04 Å². The Hall–Kier alpha value is -0.0800. The molecule has 0 bridgehead atoms. The number of hydrogen-bond acceptors (Lipinski definition) is 2. The van der Waals surface area contributed by atoms with Gasteiger partial charge in [0, 0.05) is 6.04 Å². The predicted octanol–water partition coefficient (Wildman–Crippen LogP) is 14.5. The van der Waals surface area contributed by atoms with E-state index in [1.807, 2.05) is 0 Å². The van der Waals surface area contributed by atoms with Crippen molar-refractivity contribution in [1.29, 1.82) is 0 Å². The predicted molar refractivity (Wildman–Crippen MR) is 203 cm³/mol. The maximum absolute atomic E-state index is 6.03. The van der Waals surface area contributed by atoms with Crippen LogP contribution in [0.25, 0.3) is 0 Å². The van der Waals surface area contributed by atoms with E-state index in [-0.39, 0.29) is 0 Å². The first-order valence-electron chi connectivity index (χ1n) is 21.3. The fourth-order valence-corrected chi connectivity index (χ4v) is 7.03. The van der Waals surface area contributed by atoms with Crippen LogP contribution >= 0.6 is 0 Å². The lowest BCUT2D eigenvalue weighted by atomic mass is 10.0. The molecule has 44 heavy (non-hydrogen) atoms. The SMILES string of the molecule is CCCCCCCCCCCCCCCCCCCCCCCCCCCCCCCCCCCCCCCC(N)CCN. The highest BCUT2D eigenvalue weighted by Crippen LogP contribution is 2.17. The van der Waals surface area contributed by atoms with Gasteiger partial charge >= 0.3 is 0 Å². The molecule has 2 nitrogen and oxygen atoms in total. The van der Waals surface area contributed by atoms with Crippen LogP contribution in [0, 0.1) is 0 Å². The van der Waals surface area contributed by atoms with Crippen molar-refractivity contribution in [3.8, 4) is 0 Å². The summed E-state index contributed by atoms with van der Waals surface area (Å²) in [5, 5.41) is 0. The standard InChI is InChI=1S/C42H88N2/c1-2-3-4-5-6-7-8-9-10-11-12-13-14-15-16-17-18-19-20-21-22-23-24-25-26-27-28-29-30-31-32-33-34-35-36-37-38-39-42(44)40-41-43/h42H,2-41,43-44H2,1H3. The van der Waals surface area contributed by atoms with Crippen molar-refractivity contribution in [2.24, 2.45) is 11.5 Å². The van der Waals surface area contributed by atoms with Gasteiger partial charge in [0.05, 0.1) is 0 Å². The second-order valence-electron chi connectivity index (χ2n) is 14.9. The molecule has 0 rings (SSSR count).